The molecule has 0 bridgehead atoms. The number of hydrogen-bond acceptors (Lipinski definition) is 5. The Labute approximate surface area is 124 Å². The molecule has 0 aliphatic heterocycles. The van der Waals surface area contributed by atoms with Crippen molar-refractivity contribution in [3.8, 4) is 0 Å². The standard InChI is InChI=1S/C13H26N4O4/c1-8(14)11(19)17-9(10(15)18)6-5-7-16-12(20)21-13(2,3)4/h8-9H,5-7,14H2,1-4H3,(H2,15,18)(H,16,20)(H,17,19)/t8-,9+/m1/s1. The highest BCUT2D eigenvalue weighted by Crippen LogP contribution is 2.06. The Balaban J connectivity index is 4.08. The Kier molecular flexibility index (Phi) is 7.72. The summed E-state index contributed by atoms with van der Waals surface area (Å²) in [6.07, 6.45) is 0.244. The topological polar surface area (TPSA) is 137 Å². The lowest BCUT2D eigenvalue weighted by Crippen LogP contribution is -2.49. The van der Waals surface area contributed by atoms with E-state index in [0.29, 0.717) is 19.4 Å². The maximum absolute atomic E-state index is 11.4. The molecule has 0 aromatic rings. The highest BCUT2D eigenvalue weighted by atomic mass is 16.6. The zero-order valence-electron chi connectivity index (χ0n) is 13.1. The van der Waals surface area contributed by atoms with Gasteiger partial charge in [0.2, 0.25) is 11.8 Å². The molecule has 0 unspecified atom stereocenters. The highest BCUT2D eigenvalue weighted by molar-refractivity contribution is 5.88. The number of nitrogens with two attached hydrogens (primary N) is 2. The fourth-order valence-electron chi connectivity index (χ4n) is 1.40. The van der Waals surface area contributed by atoms with E-state index in [-0.39, 0.29) is 0 Å². The number of carbonyl (C=O) groups excluding carboxylic acids is 3. The molecule has 0 saturated carbocycles. The Bertz CT molecular complexity index is 377. The second-order valence-corrected chi connectivity index (χ2v) is 5.82. The van der Waals surface area contributed by atoms with Gasteiger partial charge < -0.3 is 26.8 Å². The number of amides is 3. The molecule has 0 heterocycles. The minimum atomic E-state index is -0.802. The Hall–Kier alpha value is -1.83. The molecule has 0 fully saturated rings. The number of carbonyl (C=O) groups is 3. The molecule has 6 N–H and O–H groups in total. The summed E-state index contributed by atoms with van der Waals surface area (Å²) in [5.74, 6) is -1.08. The van der Waals surface area contributed by atoms with Gasteiger partial charge in [-0.25, -0.2) is 4.79 Å². The van der Waals surface area contributed by atoms with Crippen molar-refractivity contribution in [3.05, 3.63) is 0 Å². The first-order valence-corrected chi connectivity index (χ1v) is 6.85. The van der Waals surface area contributed by atoms with Gasteiger partial charge in [-0.05, 0) is 40.5 Å². The Morgan fingerprint density at radius 2 is 1.81 bits per heavy atom. The van der Waals surface area contributed by atoms with Crippen LogP contribution in [-0.2, 0) is 14.3 Å². The predicted octanol–water partition coefficient (Wildman–Crippen LogP) is -0.391. The first-order valence-electron chi connectivity index (χ1n) is 6.85. The normalized spacial score (nSPS) is 14.0. The molecular weight excluding hydrogens is 276 g/mol. The van der Waals surface area contributed by atoms with Gasteiger partial charge in [0.1, 0.15) is 11.6 Å². The molecule has 0 aliphatic rings. The molecule has 8 heteroatoms. The highest BCUT2D eigenvalue weighted by Gasteiger charge is 2.20. The smallest absolute Gasteiger partial charge is 0.407 e. The maximum Gasteiger partial charge on any atom is 0.407 e. The van der Waals surface area contributed by atoms with Crippen LogP contribution in [0.15, 0.2) is 0 Å². The van der Waals surface area contributed by atoms with Gasteiger partial charge in [0.15, 0.2) is 0 Å². The van der Waals surface area contributed by atoms with Crippen molar-refractivity contribution in [3.63, 3.8) is 0 Å². The molecule has 8 nitrogen and oxygen atoms in total. The molecule has 122 valence electrons. The van der Waals surface area contributed by atoms with E-state index in [1.165, 1.54) is 6.92 Å². The number of ether oxygens (including phenoxy) is 1. The quantitative estimate of drug-likeness (QED) is 0.475. The molecule has 21 heavy (non-hydrogen) atoms. The second-order valence-electron chi connectivity index (χ2n) is 5.82. The third-order valence-electron chi connectivity index (χ3n) is 2.41. The fraction of sp³-hybridized carbons (Fsp3) is 0.769. The molecule has 0 rings (SSSR count). The van der Waals surface area contributed by atoms with Gasteiger partial charge in [0, 0.05) is 6.54 Å². The average Bonchev–Trinajstić information content (AvgIpc) is 2.29. The minimum absolute atomic E-state index is 0.309. The number of nitrogens with one attached hydrogen (secondary N) is 2. The molecule has 0 saturated heterocycles. The summed E-state index contributed by atoms with van der Waals surface area (Å²) in [6.45, 7) is 7.11. The van der Waals surface area contributed by atoms with Crippen molar-refractivity contribution in [2.75, 3.05) is 6.54 Å². The average molecular weight is 302 g/mol. The van der Waals surface area contributed by atoms with Crippen LogP contribution in [0.3, 0.4) is 0 Å². The molecule has 0 spiro atoms. The maximum atomic E-state index is 11.4. The van der Waals surface area contributed by atoms with Gasteiger partial charge in [0.25, 0.3) is 0 Å². The van der Waals surface area contributed by atoms with Crippen LogP contribution >= 0.6 is 0 Å². The number of rotatable bonds is 7. The van der Waals surface area contributed by atoms with Gasteiger partial charge in [0.05, 0.1) is 6.04 Å². The lowest BCUT2D eigenvalue weighted by atomic mass is 10.1. The van der Waals surface area contributed by atoms with E-state index in [4.69, 9.17) is 16.2 Å². The lowest BCUT2D eigenvalue weighted by molar-refractivity contribution is -0.128. The van der Waals surface area contributed by atoms with Gasteiger partial charge in [-0.3, -0.25) is 9.59 Å². The number of primary amides is 1. The first-order chi connectivity index (χ1) is 9.53. The molecule has 2 atom stereocenters. The first kappa shape index (κ1) is 19.2. The summed E-state index contributed by atoms with van der Waals surface area (Å²) >= 11 is 0. The number of hydrogen-bond donors (Lipinski definition) is 4. The zero-order chi connectivity index (χ0) is 16.6. The summed E-state index contributed by atoms with van der Waals surface area (Å²) in [6, 6.07) is -1.52. The van der Waals surface area contributed by atoms with Crippen molar-refractivity contribution in [2.45, 2.75) is 58.2 Å². The van der Waals surface area contributed by atoms with Crippen LogP contribution in [0, 0.1) is 0 Å². The van der Waals surface area contributed by atoms with Gasteiger partial charge in [-0.1, -0.05) is 0 Å². The van der Waals surface area contributed by atoms with Crippen molar-refractivity contribution >= 4 is 17.9 Å². The summed E-state index contributed by atoms with van der Waals surface area (Å²) in [5, 5.41) is 5.02. The van der Waals surface area contributed by atoms with Crippen molar-refractivity contribution in [1.82, 2.24) is 10.6 Å². The van der Waals surface area contributed by atoms with E-state index in [0.717, 1.165) is 0 Å². The summed E-state index contributed by atoms with van der Waals surface area (Å²) in [4.78, 5) is 34.0. The Morgan fingerprint density at radius 1 is 1.24 bits per heavy atom. The monoisotopic (exact) mass is 302 g/mol. The van der Waals surface area contributed by atoms with E-state index in [2.05, 4.69) is 10.6 Å². The van der Waals surface area contributed by atoms with Crippen LogP contribution in [0.4, 0.5) is 4.79 Å². The van der Waals surface area contributed by atoms with Crippen LogP contribution in [0.2, 0.25) is 0 Å². The SMILES string of the molecule is C[C@@H](N)C(=O)N[C@@H](CCCNC(=O)OC(C)(C)C)C(N)=O. The molecule has 0 aromatic carbocycles. The third-order valence-corrected chi connectivity index (χ3v) is 2.41. The fourth-order valence-corrected chi connectivity index (χ4v) is 1.40. The van der Waals surface area contributed by atoms with Gasteiger partial charge in [-0.2, -0.15) is 0 Å². The molecule has 0 radical (unpaired) electrons. The van der Waals surface area contributed by atoms with Crippen molar-refractivity contribution in [1.29, 1.82) is 0 Å². The van der Waals surface area contributed by atoms with E-state index in [9.17, 15) is 14.4 Å². The summed E-state index contributed by atoms with van der Waals surface area (Å²) in [7, 11) is 0. The minimum Gasteiger partial charge on any atom is -0.444 e. The second kappa shape index (κ2) is 8.46. The van der Waals surface area contributed by atoms with Crippen molar-refractivity contribution < 1.29 is 19.1 Å². The van der Waals surface area contributed by atoms with Crippen LogP contribution < -0.4 is 22.1 Å². The Morgan fingerprint density at radius 3 is 2.24 bits per heavy atom. The summed E-state index contributed by atoms with van der Waals surface area (Å²) < 4.78 is 5.06. The van der Waals surface area contributed by atoms with Gasteiger partial charge in [-0.15, -0.1) is 0 Å². The van der Waals surface area contributed by atoms with Crippen LogP contribution in [-0.4, -0.2) is 42.1 Å². The van der Waals surface area contributed by atoms with E-state index in [1.807, 2.05) is 0 Å². The van der Waals surface area contributed by atoms with Crippen LogP contribution in [0.1, 0.15) is 40.5 Å². The molecule has 0 aromatic heterocycles. The van der Waals surface area contributed by atoms with Gasteiger partial charge >= 0.3 is 6.09 Å². The lowest BCUT2D eigenvalue weighted by Gasteiger charge is -2.20. The van der Waals surface area contributed by atoms with E-state index in [1.54, 1.807) is 20.8 Å². The molecular formula is C13H26N4O4. The molecule has 0 aliphatic carbocycles. The molecule has 3 amide bonds. The number of alkyl carbamates (subject to hydrolysis) is 1. The van der Waals surface area contributed by atoms with Crippen molar-refractivity contribution in [2.24, 2.45) is 11.5 Å². The van der Waals surface area contributed by atoms with E-state index < -0.39 is 35.6 Å². The van der Waals surface area contributed by atoms with Crippen LogP contribution in [0.5, 0.6) is 0 Å². The van der Waals surface area contributed by atoms with E-state index >= 15 is 0 Å². The largest absolute Gasteiger partial charge is 0.444 e. The van der Waals surface area contributed by atoms with Crippen LogP contribution in [0.25, 0.3) is 0 Å². The summed E-state index contributed by atoms with van der Waals surface area (Å²) in [5.41, 5.74) is 10.0. The zero-order valence-corrected chi connectivity index (χ0v) is 13.1. The predicted molar refractivity (Wildman–Crippen MR) is 78.2 cm³/mol. The third kappa shape index (κ3) is 9.67.